The summed E-state index contributed by atoms with van der Waals surface area (Å²) in [6.45, 7) is 4.76. The van der Waals surface area contributed by atoms with E-state index in [1.54, 1.807) is 24.4 Å². The van der Waals surface area contributed by atoms with Crippen molar-refractivity contribution in [3.63, 3.8) is 0 Å². The quantitative estimate of drug-likeness (QED) is 0.693. The molecule has 2 N–H and O–H groups in total. The zero-order valence-electron chi connectivity index (χ0n) is 16.2. The molecule has 1 amide bonds. The number of nitrogens with zero attached hydrogens (tertiary/aromatic N) is 2. The Hall–Kier alpha value is -2.67. The van der Waals surface area contributed by atoms with E-state index in [0.29, 0.717) is 21.7 Å². The molecule has 0 spiro atoms. The fourth-order valence-electron chi connectivity index (χ4n) is 3.62. The molecule has 3 aromatic rings. The van der Waals surface area contributed by atoms with Crippen LogP contribution in [0.2, 0.25) is 5.02 Å². The number of benzene rings is 2. The summed E-state index contributed by atoms with van der Waals surface area (Å²) in [6.07, 6.45) is 1.58. The monoisotopic (exact) mass is 410 g/mol. The fraction of sp³-hybridized carbons (Fsp3) is 0.273. The molecule has 0 atom stereocenters. The van der Waals surface area contributed by atoms with Gasteiger partial charge in [-0.3, -0.25) is 14.5 Å². The van der Waals surface area contributed by atoms with Gasteiger partial charge in [-0.05, 0) is 42.3 Å². The molecule has 1 saturated heterocycles. The molecule has 6 nitrogen and oxygen atoms in total. The standard InChI is InChI=1S/C22H23ClN4O2/c1-26-8-10-27(11-9-26)14-16-4-2-3-5-17(16)22(29)25-20-12-15-6-7-24-21(28)18(15)13-19(20)23/h2-7,12-13H,8-11,14H2,1H3,(H,24,28)(H,25,29). The number of carbonyl (C=O) groups excluding carboxylic acids is 1. The third-order valence-electron chi connectivity index (χ3n) is 5.36. The number of nitrogens with one attached hydrogen (secondary N) is 2. The van der Waals surface area contributed by atoms with Gasteiger partial charge in [-0.2, -0.15) is 0 Å². The van der Waals surface area contributed by atoms with Crippen molar-refractivity contribution in [1.29, 1.82) is 0 Å². The normalized spacial score (nSPS) is 15.5. The second kappa shape index (κ2) is 8.37. The van der Waals surface area contributed by atoms with Crippen LogP contribution in [0.5, 0.6) is 0 Å². The van der Waals surface area contributed by atoms with Crippen molar-refractivity contribution in [2.24, 2.45) is 0 Å². The summed E-state index contributed by atoms with van der Waals surface area (Å²) in [5.74, 6) is -0.208. The van der Waals surface area contributed by atoms with E-state index >= 15 is 0 Å². The SMILES string of the molecule is CN1CCN(Cc2ccccc2C(=O)Nc2cc3cc[nH]c(=O)c3cc2Cl)CC1. The van der Waals surface area contributed by atoms with E-state index in [1.807, 2.05) is 24.3 Å². The maximum absolute atomic E-state index is 13.0. The molecule has 0 unspecified atom stereocenters. The first-order chi connectivity index (χ1) is 14.0. The number of aromatic nitrogens is 1. The number of likely N-dealkylation sites (N-methyl/N-ethyl adjacent to an activating group) is 1. The van der Waals surface area contributed by atoms with Crippen LogP contribution in [-0.4, -0.2) is 53.9 Å². The number of hydrogen-bond donors (Lipinski definition) is 2. The van der Waals surface area contributed by atoms with E-state index in [0.717, 1.165) is 43.7 Å². The van der Waals surface area contributed by atoms with E-state index in [2.05, 4.69) is 27.1 Å². The molecule has 4 rings (SSSR count). The van der Waals surface area contributed by atoms with Crippen LogP contribution in [0.1, 0.15) is 15.9 Å². The van der Waals surface area contributed by atoms with E-state index in [9.17, 15) is 9.59 Å². The third kappa shape index (κ3) is 4.34. The molecule has 2 heterocycles. The Morgan fingerprint density at radius 1 is 1.14 bits per heavy atom. The van der Waals surface area contributed by atoms with Crippen molar-refractivity contribution in [2.45, 2.75) is 6.54 Å². The highest BCUT2D eigenvalue weighted by Crippen LogP contribution is 2.27. The van der Waals surface area contributed by atoms with Gasteiger partial charge in [0.2, 0.25) is 0 Å². The van der Waals surface area contributed by atoms with Gasteiger partial charge >= 0.3 is 0 Å². The van der Waals surface area contributed by atoms with Crippen LogP contribution in [0.4, 0.5) is 5.69 Å². The first-order valence-corrected chi connectivity index (χ1v) is 10.00. The van der Waals surface area contributed by atoms with Crippen molar-refractivity contribution in [3.05, 3.63) is 75.2 Å². The predicted molar refractivity (Wildman–Crippen MR) is 117 cm³/mol. The highest BCUT2D eigenvalue weighted by atomic mass is 35.5. The Kier molecular flexibility index (Phi) is 5.67. The van der Waals surface area contributed by atoms with E-state index in [1.165, 1.54) is 0 Å². The minimum absolute atomic E-state index is 0.208. The molecule has 1 aliphatic rings. The van der Waals surface area contributed by atoms with Gasteiger partial charge in [0.05, 0.1) is 10.7 Å². The van der Waals surface area contributed by atoms with Gasteiger partial charge in [0.25, 0.3) is 11.5 Å². The average Bonchev–Trinajstić information content (AvgIpc) is 2.71. The molecular weight excluding hydrogens is 388 g/mol. The van der Waals surface area contributed by atoms with Crippen molar-refractivity contribution in [2.75, 3.05) is 38.5 Å². The Labute approximate surface area is 174 Å². The number of carbonyl (C=O) groups is 1. The fourth-order valence-corrected chi connectivity index (χ4v) is 3.83. The number of amides is 1. The van der Waals surface area contributed by atoms with Gasteiger partial charge < -0.3 is 15.2 Å². The summed E-state index contributed by atoms with van der Waals surface area (Å²) < 4.78 is 0. The number of halogens is 1. The molecule has 0 saturated carbocycles. The van der Waals surface area contributed by atoms with Crippen LogP contribution in [0.3, 0.4) is 0 Å². The molecule has 29 heavy (non-hydrogen) atoms. The Balaban J connectivity index is 1.57. The molecule has 0 aliphatic carbocycles. The summed E-state index contributed by atoms with van der Waals surface area (Å²) in [6, 6.07) is 12.7. The van der Waals surface area contributed by atoms with Crippen LogP contribution in [0, 0.1) is 0 Å². The lowest BCUT2D eigenvalue weighted by Gasteiger charge is -2.32. The second-order valence-corrected chi connectivity index (χ2v) is 7.82. The Bertz CT molecular complexity index is 1100. The molecule has 1 aromatic heterocycles. The number of anilines is 1. The number of piperazine rings is 1. The van der Waals surface area contributed by atoms with Crippen molar-refractivity contribution < 1.29 is 4.79 Å². The molecule has 1 aliphatic heterocycles. The smallest absolute Gasteiger partial charge is 0.256 e. The molecule has 1 fully saturated rings. The van der Waals surface area contributed by atoms with E-state index in [4.69, 9.17) is 11.6 Å². The number of pyridine rings is 1. The van der Waals surface area contributed by atoms with Crippen molar-refractivity contribution in [3.8, 4) is 0 Å². The zero-order chi connectivity index (χ0) is 20.4. The third-order valence-corrected chi connectivity index (χ3v) is 5.67. The van der Waals surface area contributed by atoms with Crippen LogP contribution >= 0.6 is 11.6 Å². The van der Waals surface area contributed by atoms with Crippen molar-refractivity contribution in [1.82, 2.24) is 14.8 Å². The van der Waals surface area contributed by atoms with Crippen LogP contribution in [0.25, 0.3) is 10.8 Å². The highest BCUT2D eigenvalue weighted by Gasteiger charge is 2.18. The van der Waals surface area contributed by atoms with Gasteiger partial charge in [-0.1, -0.05) is 29.8 Å². The van der Waals surface area contributed by atoms with E-state index < -0.39 is 0 Å². The molecule has 2 aromatic carbocycles. The van der Waals surface area contributed by atoms with Crippen LogP contribution < -0.4 is 10.9 Å². The van der Waals surface area contributed by atoms with Gasteiger partial charge in [0.15, 0.2) is 0 Å². The lowest BCUT2D eigenvalue weighted by Crippen LogP contribution is -2.44. The first-order valence-electron chi connectivity index (χ1n) is 9.62. The summed E-state index contributed by atoms with van der Waals surface area (Å²) in [7, 11) is 2.12. The second-order valence-electron chi connectivity index (χ2n) is 7.42. The van der Waals surface area contributed by atoms with Gasteiger partial charge in [0.1, 0.15) is 0 Å². The van der Waals surface area contributed by atoms with E-state index in [-0.39, 0.29) is 11.5 Å². The predicted octanol–water partition coefficient (Wildman–Crippen LogP) is 3.18. The van der Waals surface area contributed by atoms with Gasteiger partial charge in [-0.25, -0.2) is 0 Å². The lowest BCUT2D eigenvalue weighted by molar-refractivity contribution is 0.102. The maximum atomic E-state index is 13.0. The topological polar surface area (TPSA) is 68.4 Å². The molecule has 7 heteroatoms. The minimum atomic E-state index is -0.209. The summed E-state index contributed by atoms with van der Waals surface area (Å²) in [5, 5.41) is 4.46. The summed E-state index contributed by atoms with van der Waals surface area (Å²) in [4.78, 5) is 32.2. The molecule has 0 radical (unpaired) electrons. The first kappa shape index (κ1) is 19.6. The Morgan fingerprint density at radius 2 is 1.90 bits per heavy atom. The highest BCUT2D eigenvalue weighted by molar-refractivity contribution is 6.34. The van der Waals surface area contributed by atoms with Gasteiger partial charge in [0, 0.05) is 49.9 Å². The largest absolute Gasteiger partial charge is 0.329 e. The zero-order valence-corrected chi connectivity index (χ0v) is 17.0. The number of fused-ring (bicyclic) bond motifs is 1. The summed E-state index contributed by atoms with van der Waals surface area (Å²) >= 11 is 6.34. The van der Waals surface area contributed by atoms with Crippen LogP contribution in [-0.2, 0) is 6.54 Å². The summed E-state index contributed by atoms with van der Waals surface area (Å²) in [5.41, 5.74) is 1.90. The van der Waals surface area contributed by atoms with Gasteiger partial charge in [-0.15, -0.1) is 0 Å². The minimum Gasteiger partial charge on any atom is -0.329 e. The molecular formula is C22H23ClN4O2. The average molecular weight is 411 g/mol. The number of aromatic amines is 1. The molecule has 0 bridgehead atoms. The maximum Gasteiger partial charge on any atom is 0.256 e. The number of H-pyrrole nitrogens is 1. The van der Waals surface area contributed by atoms with Crippen LogP contribution in [0.15, 0.2) is 53.5 Å². The van der Waals surface area contributed by atoms with Crippen molar-refractivity contribution >= 4 is 34.0 Å². The lowest BCUT2D eigenvalue weighted by atomic mass is 10.1. The molecule has 150 valence electrons. The number of rotatable bonds is 4. The number of hydrogen-bond acceptors (Lipinski definition) is 4. The Morgan fingerprint density at radius 3 is 2.69 bits per heavy atom.